The molecule has 0 aliphatic heterocycles. The van der Waals surface area contributed by atoms with Gasteiger partial charge in [-0.1, -0.05) is 38.1 Å². The first-order valence-corrected chi connectivity index (χ1v) is 9.16. The molecular weight excluding hydrogens is 296 g/mol. The zero-order chi connectivity index (χ0) is 15.9. The summed E-state index contributed by atoms with van der Waals surface area (Å²) in [5, 5.41) is 13.1. The topological polar surface area (TPSA) is 52.6 Å². The van der Waals surface area contributed by atoms with Crippen molar-refractivity contribution >= 4 is 17.7 Å². The van der Waals surface area contributed by atoms with E-state index in [0.29, 0.717) is 12.2 Å². The van der Waals surface area contributed by atoms with E-state index in [0.717, 1.165) is 36.5 Å². The molecule has 1 aromatic carbocycles. The van der Waals surface area contributed by atoms with Gasteiger partial charge >= 0.3 is 0 Å². The lowest BCUT2D eigenvalue weighted by Gasteiger charge is -2.19. The van der Waals surface area contributed by atoms with E-state index >= 15 is 0 Å². The number of carbonyl (C=O) groups excluding carboxylic acids is 1. The highest BCUT2D eigenvalue weighted by Crippen LogP contribution is 2.31. The van der Waals surface area contributed by atoms with E-state index in [-0.39, 0.29) is 11.9 Å². The molecule has 1 aromatic rings. The largest absolute Gasteiger partial charge is 0.390 e. The van der Waals surface area contributed by atoms with Gasteiger partial charge in [-0.3, -0.25) is 4.79 Å². The third kappa shape index (κ3) is 4.48. The van der Waals surface area contributed by atoms with Gasteiger partial charge in [0.05, 0.1) is 17.9 Å². The minimum atomic E-state index is -0.512. The maximum atomic E-state index is 12.1. The first kappa shape index (κ1) is 17.3. The molecule has 0 saturated carbocycles. The lowest BCUT2D eigenvalue weighted by molar-refractivity contribution is -0.120. The molecule has 0 radical (unpaired) electrons. The number of nitrogens with zero attached hydrogens (tertiary/aromatic N) is 1. The fourth-order valence-corrected chi connectivity index (χ4v) is 3.66. The van der Waals surface area contributed by atoms with Gasteiger partial charge in [-0.25, -0.2) is 0 Å². The Bertz CT molecular complexity index is 491. The summed E-state index contributed by atoms with van der Waals surface area (Å²) in [7, 11) is 0. The van der Waals surface area contributed by atoms with E-state index in [2.05, 4.69) is 24.1 Å². The number of carbonyl (C=O) groups is 1. The van der Waals surface area contributed by atoms with Crippen LogP contribution in [0.15, 0.2) is 24.3 Å². The van der Waals surface area contributed by atoms with Crippen LogP contribution in [0, 0.1) is 0 Å². The number of aliphatic hydroxyl groups is 1. The fourth-order valence-electron chi connectivity index (χ4n) is 2.86. The highest BCUT2D eigenvalue weighted by atomic mass is 32.2. The molecule has 2 unspecified atom stereocenters. The molecule has 0 bridgehead atoms. The van der Waals surface area contributed by atoms with Crippen molar-refractivity contribution in [2.75, 3.05) is 31.1 Å². The number of nitrogens with one attached hydrogen (secondary N) is 1. The lowest BCUT2D eigenvalue weighted by Crippen LogP contribution is -2.35. The molecule has 5 heteroatoms. The highest BCUT2D eigenvalue weighted by Gasteiger charge is 2.31. The normalized spacial score (nSPS) is 20.2. The lowest BCUT2D eigenvalue weighted by atomic mass is 10.1. The third-order valence-electron chi connectivity index (χ3n) is 4.20. The third-order valence-corrected chi connectivity index (χ3v) is 5.14. The summed E-state index contributed by atoms with van der Waals surface area (Å²) in [6, 6.07) is 7.67. The second kappa shape index (κ2) is 8.56. The number of aliphatic hydroxyl groups excluding tert-OH is 1. The van der Waals surface area contributed by atoms with Crippen LogP contribution in [0.2, 0.25) is 0 Å². The van der Waals surface area contributed by atoms with Crippen molar-refractivity contribution in [3.8, 4) is 0 Å². The Kier molecular flexibility index (Phi) is 6.73. The summed E-state index contributed by atoms with van der Waals surface area (Å²) < 4.78 is 0. The van der Waals surface area contributed by atoms with Gasteiger partial charge in [-0.05, 0) is 24.2 Å². The molecule has 0 spiro atoms. The summed E-state index contributed by atoms with van der Waals surface area (Å²) in [5.41, 5.74) is 2.19. The van der Waals surface area contributed by atoms with Gasteiger partial charge < -0.3 is 15.3 Å². The predicted octanol–water partition coefficient (Wildman–Crippen LogP) is 1.84. The zero-order valence-corrected chi connectivity index (χ0v) is 14.2. The van der Waals surface area contributed by atoms with Crippen LogP contribution in [0.3, 0.4) is 0 Å². The molecule has 22 heavy (non-hydrogen) atoms. The Morgan fingerprint density at radius 3 is 2.82 bits per heavy atom. The number of benzene rings is 1. The minimum absolute atomic E-state index is 0.00491. The molecule has 2 N–H and O–H groups in total. The molecule has 0 saturated heterocycles. The molecule has 4 nitrogen and oxygen atoms in total. The number of thioether (sulfide) groups is 1. The van der Waals surface area contributed by atoms with Crippen LogP contribution in [0.5, 0.6) is 0 Å². The SMILES string of the molecule is CCN(CC)CCSCC(=O)NC1c2ccccc2CC1O. The van der Waals surface area contributed by atoms with E-state index in [4.69, 9.17) is 0 Å². The fraction of sp³-hybridized carbons (Fsp3) is 0.588. The summed E-state index contributed by atoms with van der Waals surface area (Å²) in [6.45, 7) is 7.42. The van der Waals surface area contributed by atoms with E-state index in [1.165, 1.54) is 0 Å². The Morgan fingerprint density at radius 2 is 2.09 bits per heavy atom. The molecule has 1 aliphatic rings. The van der Waals surface area contributed by atoms with Gasteiger partial charge in [0.2, 0.25) is 5.91 Å². The summed E-state index contributed by atoms with van der Waals surface area (Å²) >= 11 is 1.65. The Labute approximate surface area is 137 Å². The molecular formula is C17H26N2O2S. The number of hydrogen-bond acceptors (Lipinski definition) is 4. The van der Waals surface area contributed by atoms with E-state index in [1.807, 2.05) is 24.3 Å². The van der Waals surface area contributed by atoms with E-state index < -0.39 is 6.10 Å². The molecule has 1 amide bonds. The number of hydrogen-bond donors (Lipinski definition) is 2. The second-order valence-corrected chi connectivity index (χ2v) is 6.70. The van der Waals surface area contributed by atoms with Crippen LogP contribution >= 0.6 is 11.8 Å². The van der Waals surface area contributed by atoms with Crippen LogP contribution in [0.25, 0.3) is 0 Å². The smallest absolute Gasteiger partial charge is 0.230 e. The monoisotopic (exact) mass is 322 g/mol. The van der Waals surface area contributed by atoms with Crippen LogP contribution in [-0.4, -0.2) is 53.2 Å². The summed E-state index contributed by atoms with van der Waals surface area (Å²) in [4.78, 5) is 14.4. The molecule has 1 aliphatic carbocycles. The van der Waals surface area contributed by atoms with Gasteiger partial charge in [0.1, 0.15) is 0 Å². The van der Waals surface area contributed by atoms with Crippen molar-refractivity contribution in [3.05, 3.63) is 35.4 Å². The zero-order valence-electron chi connectivity index (χ0n) is 13.4. The van der Waals surface area contributed by atoms with Gasteiger partial charge in [-0.15, -0.1) is 0 Å². The Hall–Kier alpha value is -1.04. The Morgan fingerprint density at radius 1 is 1.36 bits per heavy atom. The number of rotatable bonds is 8. The van der Waals surface area contributed by atoms with Crippen molar-refractivity contribution in [3.63, 3.8) is 0 Å². The average Bonchev–Trinajstić information content (AvgIpc) is 2.83. The van der Waals surface area contributed by atoms with Gasteiger partial charge in [0.25, 0.3) is 0 Å². The minimum Gasteiger partial charge on any atom is -0.390 e. The van der Waals surface area contributed by atoms with Gasteiger partial charge in [-0.2, -0.15) is 11.8 Å². The number of fused-ring (bicyclic) bond motifs is 1. The maximum Gasteiger partial charge on any atom is 0.230 e. The highest BCUT2D eigenvalue weighted by molar-refractivity contribution is 7.99. The Balaban J connectivity index is 1.76. The molecule has 0 heterocycles. The first-order chi connectivity index (χ1) is 10.7. The van der Waals surface area contributed by atoms with E-state index in [1.54, 1.807) is 11.8 Å². The van der Waals surface area contributed by atoms with Crippen molar-refractivity contribution in [2.24, 2.45) is 0 Å². The second-order valence-electron chi connectivity index (χ2n) is 5.59. The average molecular weight is 322 g/mol. The standard InChI is InChI=1S/C17H26N2O2S/c1-3-19(4-2)9-10-22-12-16(21)18-17-14-8-6-5-7-13(14)11-15(17)20/h5-8,15,17,20H,3-4,9-12H2,1-2H3,(H,18,21). The van der Waals surface area contributed by atoms with Crippen molar-refractivity contribution in [1.29, 1.82) is 0 Å². The predicted molar refractivity (Wildman–Crippen MR) is 92.1 cm³/mol. The van der Waals surface area contributed by atoms with E-state index in [9.17, 15) is 9.90 Å². The first-order valence-electron chi connectivity index (χ1n) is 8.01. The molecule has 2 atom stereocenters. The maximum absolute atomic E-state index is 12.1. The van der Waals surface area contributed by atoms with Crippen LogP contribution in [0.4, 0.5) is 0 Å². The molecule has 2 rings (SSSR count). The van der Waals surface area contributed by atoms with Crippen LogP contribution < -0.4 is 5.32 Å². The number of amides is 1. The summed E-state index contributed by atoms with van der Waals surface area (Å²) in [5.74, 6) is 1.41. The van der Waals surface area contributed by atoms with Crippen molar-refractivity contribution in [2.45, 2.75) is 32.4 Å². The van der Waals surface area contributed by atoms with Gasteiger partial charge in [0, 0.05) is 18.7 Å². The summed E-state index contributed by atoms with van der Waals surface area (Å²) in [6.07, 6.45) is 0.109. The van der Waals surface area contributed by atoms with Crippen molar-refractivity contribution in [1.82, 2.24) is 10.2 Å². The molecule has 122 valence electrons. The molecule has 0 fully saturated rings. The van der Waals surface area contributed by atoms with Crippen LogP contribution in [-0.2, 0) is 11.2 Å². The van der Waals surface area contributed by atoms with Crippen LogP contribution in [0.1, 0.15) is 31.0 Å². The molecule has 0 aromatic heterocycles. The quantitative estimate of drug-likeness (QED) is 0.717. The van der Waals surface area contributed by atoms with Crippen molar-refractivity contribution < 1.29 is 9.90 Å². The van der Waals surface area contributed by atoms with Gasteiger partial charge in [0.15, 0.2) is 0 Å².